The number of rotatable bonds is 9. The van der Waals surface area contributed by atoms with Gasteiger partial charge in [-0.15, -0.1) is 0 Å². The molecule has 0 aliphatic heterocycles. The van der Waals surface area contributed by atoms with Crippen molar-refractivity contribution in [3.8, 4) is 0 Å². The van der Waals surface area contributed by atoms with Crippen molar-refractivity contribution in [2.75, 3.05) is 13.1 Å². The van der Waals surface area contributed by atoms with Gasteiger partial charge in [0.2, 0.25) is 0 Å². The summed E-state index contributed by atoms with van der Waals surface area (Å²) < 4.78 is 0. The summed E-state index contributed by atoms with van der Waals surface area (Å²) >= 11 is 0. The van der Waals surface area contributed by atoms with Crippen LogP contribution in [0, 0.1) is 17.8 Å². The maximum Gasteiger partial charge on any atom is -0.00204 e. The smallest absolute Gasteiger partial charge is 0.00204 e. The van der Waals surface area contributed by atoms with E-state index in [0.717, 1.165) is 17.8 Å². The molecule has 1 rings (SSSR count). The van der Waals surface area contributed by atoms with Crippen LogP contribution in [0.15, 0.2) is 0 Å². The Balaban J connectivity index is 2.06. The monoisotopic (exact) mass is 253 g/mol. The molecule has 0 radical (unpaired) electrons. The Bertz CT molecular complexity index is 182. The number of hydrogen-bond acceptors (Lipinski definition) is 1. The molecule has 0 bridgehead atoms. The maximum atomic E-state index is 3.75. The van der Waals surface area contributed by atoms with Crippen LogP contribution in [0.1, 0.15) is 78.6 Å². The predicted molar refractivity (Wildman–Crippen MR) is 81.9 cm³/mol. The van der Waals surface area contributed by atoms with Gasteiger partial charge in [0.15, 0.2) is 0 Å². The van der Waals surface area contributed by atoms with Crippen molar-refractivity contribution in [2.45, 2.75) is 78.6 Å². The zero-order valence-electron chi connectivity index (χ0n) is 13.0. The van der Waals surface area contributed by atoms with Crippen LogP contribution < -0.4 is 5.32 Å². The Kier molecular flexibility index (Phi) is 8.75. The van der Waals surface area contributed by atoms with Crippen LogP contribution in [0.25, 0.3) is 0 Å². The summed E-state index contributed by atoms with van der Waals surface area (Å²) in [5, 5.41) is 3.75. The largest absolute Gasteiger partial charge is 0.316 e. The standard InChI is InChI=1S/C17H35N/c1-4-7-8-16(6-3)13-18-14-17-11-9-15(5-2)10-12-17/h15-18H,4-14H2,1-3H3. The molecule has 0 aromatic rings. The summed E-state index contributed by atoms with van der Waals surface area (Å²) in [6.07, 6.45) is 12.8. The van der Waals surface area contributed by atoms with Crippen molar-refractivity contribution in [3.05, 3.63) is 0 Å². The van der Waals surface area contributed by atoms with E-state index in [-0.39, 0.29) is 0 Å². The minimum absolute atomic E-state index is 0.914. The van der Waals surface area contributed by atoms with Gasteiger partial charge in [0.25, 0.3) is 0 Å². The lowest BCUT2D eigenvalue weighted by molar-refractivity contribution is 0.258. The molecule has 1 aliphatic rings. The van der Waals surface area contributed by atoms with Crippen molar-refractivity contribution in [1.29, 1.82) is 0 Å². The zero-order chi connectivity index (χ0) is 13.2. The third kappa shape index (κ3) is 6.22. The summed E-state index contributed by atoms with van der Waals surface area (Å²) in [4.78, 5) is 0. The molecule has 1 unspecified atom stereocenters. The van der Waals surface area contributed by atoms with Crippen molar-refractivity contribution in [1.82, 2.24) is 5.32 Å². The van der Waals surface area contributed by atoms with E-state index in [2.05, 4.69) is 26.1 Å². The van der Waals surface area contributed by atoms with E-state index in [0.29, 0.717) is 0 Å². The summed E-state index contributed by atoms with van der Waals surface area (Å²) in [6.45, 7) is 9.52. The van der Waals surface area contributed by atoms with E-state index >= 15 is 0 Å². The quantitative estimate of drug-likeness (QED) is 0.609. The third-order valence-corrected chi connectivity index (χ3v) is 4.95. The van der Waals surface area contributed by atoms with Crippen molar-refractivity contribution in [2.24, 2.45) is 17.8 Å². The Morgan fingerprint density at radius 1 is 1.00 bits per heavy atom. The fourth-order valence-corrected chi connectivity index (χ4v) is 3.28. The Morgan fingerprint density at radius 3 is 2.22 bits per heavy atom. The van der Waals surface area contributed by atoms with Crippen LogP contribution in [0.5, 0.6) is 0 Å². The summed E-state index contributed by atoms with van der Waals surface area (Å²) in [5.41, 5.74) is 0. The second-order valence-electron chi connectivity index (χ2n) is 6.37. The lowest BCUT2D eigenvalue weighted by Crippen LogP contribution is -2.30. The van der Waals surface area contributed by atoms with Gasteiger partial charge in [0.1, 0.15) is 0 Å². The molecule has 0 spiro atoms. The molecule has 1 saturated carbocycles. The van der Waals surface area contributed by atoms with Gasteiger partial charge in [-0.3, -0.25) is 0 Å². The highest BCUT2D eigenvalue weighted by Gasteiger charge is 2.19. The van der Waals surface area contributed by atoms with Crippen LogP contribution >= 0.6 is 0 Å². The molecule has 108 valence electrons. The molecule has 0 aromatic heterocycles. The van der Waals surface area contributed by atoms with Gasteiger partial charge in [-0.25, -0.2) is 0 Å². The highest BCUT2D eigenvalue weighted by atomic mass is 14.9. The van der Waals surface area contributed by atoms with Crippen molar-refractivity contribution < 1.29 is 0 Å². The van der Waals surface area contributed by atoms with Gasteiger partial charge in [-0.1, -0.05) is 59.3 Å². The molecule has 1 N–H and O–H groups in total. The molecule has 18 heavy (non-hydrogen) atoms. The molecule has 0 saturated heterocycles. The first-order valence-corrected chi connectivity index (χ1v) is 8.50. The fraction of sp³-hybridized carbons (Fsp3) is 1.00. The van der Waals surface area contributed by atoms with Crippen molar-refractivity contribution >= 4 is 0 Å². The summed E-state index contributed by atoms with van der Waals surface area (Å²) in [5.74, 6) is 2.92. The summed E-state index contributed by atoms with van der Waals surface area (Å²) in [7, 11) is 0. The van der Waals surface area contributed by atoms with Crippen LogP contribution in [0.4, 0.5) is 0 Å². The molecule has 1 fully saturated rings. The fourth-order valence-electron chi connectivity index (χ4n) is 3.28. The number of unbranched alkanes of at least 4 members (excludes halogenated alkanes) is 1. The molecular formula is C17H35N. The molecule has 1 atom stereocenters. The van der Waals surface area contributed by atoms with E-state index in [9.17, 15) is 0 Å². The zero-order valence-corrected chi connectivity index (χ0v) is 13.0. The van der Waals surface area contributed by atoms with Gasteiger partial charge in [-0.2, -0.15) is 0 Å². The predicted octanol–water partition coefficient (Wildman–Crippen LogP) is 5.01. The first-order chi connectivity index (χ1) is 8.80. The maximum absolute atomic E-state index is 3.75. The Morgan fingerprint density at radius 2 is 1.67 bits per heavy atom. The second-order valence-corrected chi connectivity index (χ2v) is 6.37. The van der Waals surface area contributed by atoms with Crippen LogP contribution in [0.3, 0.4) is 0 Å². The molecule has 0 heterocycles. The van der Waals surface area contributed by atoms with Gasteiger partial charge in [0.05, 0.1) is 0 Å². The molecule has 1 aliphatic carbocycles. The lowest BCUT2D eigenvalue weighted by atomic mass is 9.81. The van der Waals surface area contributed by atoms with Crippen LogP contribution in [-0.2, 0) is 0 Å². The Hall–Kier alpha value is -0.0400. The van der Waals surface area contributed by atoms with Gasteiger partial charge in [0, 0.05) is 0 Å². The molecular weight excluding hydrogens is 218 g/mol. The number of hydrogen-bond donors (Lipinski definition) is 1. The first-order valence-electron chi connectivity index (χ1n) is 8.50. The Labute approximate surface area is 115 Å². The molecule has 0 amide bonds. The summed E-state index contributed by atoms with van der Waals surface area (Å²) in [6, 6.07) is 0. The minimum Gasteiger partial charge on any atom is -0.316 e. The van der Waals surface area contributed by atoms with E-state index in [4.69, 9.17) is 0 Å². The molecule has 1 nitrogen and oxygen atoms in total. The molecule has 1 heteroatoms. The molecule has 0 aromatic carbocycles. The van der Waals surface area contributed by atoms with Crippen molar-refractivity contribution in [3.63, 3.8) is 0 Å². The normalized spacial score (nSPS) is 26.2. The van der Waals surface area contributed by atoms with E-state index in [1.54, 1.807) is 0 Å². The average molecular weight is 253 g/mol. The second kappa shape index (κ2) is 9.83. The van der Waals surface area contributed by atoms with E-state index < -0.39 is 0 Å². The van der Waals surface area contributed by atoms with Gasteiger partial charge < -0.3 is 5.32 Å². The first kappa shape index (κ1) is 16.0. The lowest BCUT2D eigenvalue weighted by Gasteiger charge is -2.28. The SMILES string of the molecule is CCCCC(CC)CNCC1CCC(CC)CC1. The third-order valence-electron chi connectivity index (χ3n) is 4.95. The highest BCUT2D eigenvalue weighted by molar-refractivity contribution is 4.74. The minimum atomic E-state index is 0.914. The topological polar surface area (TPSA) is 12.0 Å². The van der Waals surface area contributed by atoms with Gasteiger partial charge in [-0.05, 0) is 50.1 Å². The number of nitrogens with one attached hydrogen (secondary N) is 1. The van der Waals surface area contributed by atoms with E-state index in [1.165, 1.54) is 70.9 Å². The van der Waals surface area contributed by atoms with Crippen LogP contribution in [-0.4, -0.2) is 13.1 Å². The van der Waals surface area contributed by atoms with E-state index in [1.807, 2.05) is 0 Å². The highest BCUT2D eigenvalue weighted by Crippen LogP contribution is 2.30. The van der Waals surface area contributed by atoms with Crippen LogP contribution in [0.2, 0.25) is 0 Å². The average Bonchev–Trinajstić information content (AvgIpc) is 2.43. The van der Waals surface area contributed by atoms with Gasteiger partial charge >= 0.3 is 0 Å².